The fraction of sp³-hybridized carbons (Fsp3) is 0. The number of aromatic nitrogens is 1. The Balaban J connectivity index is 3.12. The number of isothiocyanates is 1. The average molecular weight is 180 g/mol. The first-order chi connectivity index (χ1) is 5.74. The van der Waals surface area contributed by atoms with Gasteiger partial charge in [0.1, 0.15) is 0 Å². The molecule has 4 nitrogen and oxygen atoms in total. The largest absolute Gasteiger partial charge is 0.329 e. The third-order valence-corrected chi connectivity index (χ3v) is 1.26. The molecule has 0 fully saturated rings. The molecular weight excluding hydrogens is 176 g/mol. The summed E-state index contributed by atoms with van der Waals surface area (Å²) < 4.78 is 0. The number of nitrogens with one attached hydrogen (secondary N) is 1. The van der Waals surface area contributed by atoms with Crippen LogP contribution < -0.4 is 5.56 Å². The molecular formula is C7H4N2O2S. The number of rotatable bonds is 1. The quantitative estimate of drug-likeness (QED) is 0.509. The number of hydrogen-bond donors (Lipinski definition) is 1. The number of pyridine rings is 1. The Morgan fingerprint density at radius 3 is 3.00 bits per heavy atom. The van der Waals surface area contributed by atoms with Crippen LogP contribution in [0.4, 0.5) is 0 Å². The summed E-state index contributed by atoms with van der Waals surface area (Å²) >= 11 is 4.24. The van der Waals surface area contributed by atoms with Gasteiger partial charge in [-0.05, 0) is 18.3 Å². The van der Waals surface area contributed by atoms with E-state index in [0.717, 1.165) is 6.07 Å². The number of nitrogens with zero attached hydrogens (tertiary/aromatic N) is 1. The second-order valence-corrected chi connectivity index (χ2v) is 2.13. The van der Waals surface area contributed by atoms with Crippen LogP contribution in [0.1, 0.15) is 10.4 Å². The van der Waals surface area contributed by atoms with Gasteiger partial charge in [-0.2, -0.15) is 4.99 Å². The molecule has 12 heavy (non-hydrogen) atoms. The highest BCUT2D eigenvalue weighted by Crippen LogP contribution is 1.94. The van der Waals surface area contributed by atoms with Gasteiger partial charge in [0, 0.05) is 17.8 Å². The van der Waals surface area contributed by atoms with E-state index >= 15 is 0 Å². The smallest absolute Gasteiger partial charge is 0.286 e. The van der Waals surface area contributed by atoms with Gasteiger partial charge < -0.3 is 4.98 Å². The van der Waals surface area contributed by atoms with Crippen molar-refractivity contribution in [3.8, 4) is 0 Å². The molecule has 1 rings (SSSR count). The van der Waals surface area contributed by atoms with Gasteiger partial charge in [0.05, 0.1) is 5.16 Å². The van der Waals surface area contributed by atoms with Crippen LogP contribution in [0.2, 0.25) is 0 Å². The molecule has 5 heteroatoms. The number of carbonyl (C=O) groups excluding carboxylic acids is 1. The van der Waals surface area contributed by atoms with Gasteiger partial charge in [0.2, 0.25) is 5.56 Å². The van der Waals surface area contributed by atoms with Crippen LogP contribution in [0.3, 0.4) is 0 Å². The Morgan fingerprint density at radius 2 is 2.42 bits per heavy atom. The highest BCUT2D eigenvalue weighted by Gasteiger charge is 2.01. The predicted molar refractivity (Wildman–Crippen MR) is 46.4 cm³/mol. The Hall–Kier alpha value is -1.58. The molecule has 1 aromatic heterocycles. The van der Waals surface area contributed by atoms with E-state index < -0.39 is 5.91 Å². The molecule has 0 spiro atoms. The van der Waals surface area contributed by atoms with E-state index in [1.165, 1.54) is 12.3 Å². The summed E-state index contributed by atoms with van der Waals surface area (Å²) in [7, 11) is 0. The Labute approximate surface area is 73.0 Å². The van der Waals surface area contributed by atoms with Crippen molar-refractivity contribution in [3.05, 3.63) is 34.2 Å². The zero-order valence-corrected chi connectivity index (χ0v) is 6.72. The molecule has 60 valence electrons. The normalized spacial score (nSPS) is 8.67. The highest BCUT2D eigenvalue weighted by molar-refractivity contribution is 7.78. The highest BCUT2D eigenvalue weighted by atomic mass is 32.1. The Bertz CT molecular complexity index is 404. The first-order valence-electron chi connectivity index (χ1n) is 3.05. The van der Waals surface area contributed by atoms with E-state index in [0.29, 0.717) is 0 Å². The molecule has 0 atom stereocenters. The van der Waals surface area contributed by atoms with Crippen LogP contribution in [0.15, 0.2) is 28.1 Å². The zero-order valence-electron chi connectivity index (χ0n) is 5.90. The SMILES string of the molecule is O=C(N=C=S)c1cc[nH]c(=O)c1. The summed E-state index contributed by atoms with van der Waals surface area (Å²) in [6.45, 7) is 0. The minimum Gasteiger partial charge on any atom is -0.329 e. The van der Waals surface area contributed by atoms with Crippen LogP contribution in [0.5, 0.6) is 0 Å². The van der Waals surface area contributed by atoms with E-state index in [2.05, 4.69) is 22.2 Å². The van der Waals surface area contributed by atoms with Crippen molar-refractivity contribution in [3.63, 3.8) is 0 Å². The minimum absolute atomic E-state index is 0.205. The molecule has 0 unspecified atom stereocenters. The number of hydrogen-bond acceptors (Lipinski definition) is 3. The lowest BCUT2D eigenvalue weighted by atomic mass is 10.2. The van der Waals surface area contributed by atoms with Crippen LogP contribution in [0.25, 0.3) is 0 Å². The van der Waals surface area contributed by atoms with Crippen molar-refractivity contribution >= 4 is 23.3 Å². The van der Waals surface area contributed by atoms with Crippen LogP contribution in [-0.2, 0) is 0 Å². The standard InChI is InChI=1S/C7H4N2O2S/c10-6-3-5(1-2-8-6)7(11)9-4-12/h1-3H,(H,8,10). The van der Waals surface area contributed by atoms with Crippen molar-refractivity contribution in [2.45, 2.75) is 0 Å². The summed E-state index contributed by atoms with van der Waals surface area (Å²) in [5, 5.41) is 1.93. The lowest BCUT2D eigenvalue weighted by molar-refractivity contribution is 0.100. The zero-order chi connectivity index (χ0) is 8.97. The van der Waals surface area contributed by atoms with E-state index in [-0.39, 0.29) is 11.1 Å². The van der Waals surface area contributed by atoms with Gasteiger partial charge in [0.15, 0.2) is 0 Å². The maximum Gasteiger partial charge on any atom is 0.286 e. The van der Waals surface area contributed by atoms with Crippen LogP contribution >= 0.6 is 12.2 Å². The van der Waals surface area contributed by atoms with Crippen LogP contribution in [-0.4, -0.2) is 16.1 Å². The summed E-state index contributed by atoms with van der Waals surface area (Å²) in [6.07, 6.45) is 1.37. The minimum atomic E-state index is -0.559. The average Bonchev–Trinajstić information content (AvgIpc) is 2.05. The van der Waals surface area contributed by atoms with Gasteiger partial charge in [-0.25, -0.2) is 0 Å². The molecule has 1 N–H and O–H groups in total. The Morgan fingerprint density at radius 1 is 1.67 bits per heavy atom. The Kier molecular flexibility index (Phi) is 2.63. The predicted octanol–water partition coefficient (Wildman–Crippen LogP) is 0.618. The molecule has 1 amide bonds. The van der Waals surface area contributed by atoms with E-state index in [9.17, 15) is 9.59 Å². The molecule has 0 aliphatic carbocycles. The number of amides is 1. The van der Waals surface area contributed by atoms with Gasteiger partial charge in [-0.1, -0.05) is 0 Å². The summed E-state index contributed by atoms with van der Waals surface area (Å²) in [4.78, 5) is 27.2. The van der Waals surface area contributed by atoms with Gasteiger partial charge in [-0.15, -0.1) is 0 Å². The molecule has 0 radical (unpaired) electrons. The molecule has 0 bridgehead atoms. The maximum absolute atomic E-state index is 10.9. The maximum atomic E-state index is 10.9. The second kappa shape index (κ2) is 3.71. The third-order valence-electron chi connectivity index (χ3n) is 1.17. The molecule has 1 heterocycles. The molecule has 0 saturated carbocycles. The molecule has 0 saturated heterocycles. The lowest BCUT2D eigenvalue weighted by Gasteiger charge is -1.89. The summed E-state index contributed by atoms with van der Waals surface area (Å²) in [6, 6.07) is 2.60. The first kappa shape index (κ1) is 8.52. The number of carbonyl (C=O) groups is 1. The van der Waals surface area contributed by atoms with E-state index in [4.69, 9.17) is 0 Å². The molecule has 0 aromatic carbocycles. The van der Waals surface area contributed by atoms with Crippen molar-refractivity contribution in [2.75, 3.05) is 0 Å². The first-order valence-corrected chi connectivity index (χ1v) is 3.46. The molecule has 0 aliphatic heterocycles. The monoisotopic (exact) mass is 180 g/mol. The van der Waals surface area contributed by atoms with Gasteiger partial charge in [0.25, 0.3) is 5.91 Å². The number of H-pyrrole nitrogens is 1. The molecule has 0 aliphatic rings. The van der Waals surface area contributed by atoms with Gasteiger partial charge in [-0.3, -0.25) is 9.59 Å². The third kappa shape index (κ3) is 1.95. The number of aliphatic imine (C=N–C) groups is 1. The second-order valence-electron chi connectivity index (χ2n) is 1.95. The van der Waals surface area contributed by atoms with Crippen molar-refractivity contribution < 1.29 is 4.79 Å². The van der Waals surface area contributed by atoms with E-state index in [1.807, 2.05) is 5.16 Å². The fourth-order valence-corrected chi connectivity index (χ4v) is 0.767. The van der Waals surface area contributed by atoms with Crippen LogP contribution in [0, 0.1) is 0 Å². The summed E-state index contributed by atoms with van der Waals surface area (Å²) in [5.41, 5.74) is -0.142. The summed E-state index contributed by atoms with van der Waals surface area (Å²) in [5.74, 6) is -0.559. The fourth-order valence-electron chi connectivity index (χ4n) is 0.684. The van der Waals surface area contributed by atoms with Crippen molar-refractivity contribution in [1.29, 1.82) is 0 Å². The van der Waals surface area contributed by atoms with Gasteiger partial charge >= 0.3 is 0 Å². The number of thiocarbonyl (C=S) groups is 1. The van der Waals surface area contributed by atoms with Crippen molar-refractivity contribution in [1.82, 2.24) is 4.98 Å². The lowest BCUT2D eigenvalue weighted by Crippen LogP contribution is -2.06. The molecule has 1 aromatic rings. The topological polar surface area (TPSA) is 62.3 Å². The number of aromatic amines is 1. The van der Waals surface area contributed by atoms with E-state index in [1.54, 1.807) is 0 Å². The van der Waals surface area contributed by atoms with Crippen molar-refractivity contribution in [2.24, 2.45) is 4.99 Å².